The Bertz CT molecular complexity index is 1350. The SMILES string of the molecule is CCOc1ccc(-n2c(C)cc(/C=C(\C#N)C(=O)Nc3ccc(S(N)(=O)=O)cc3)c2C)cc1. The molecular weight excluding hydrogens is 440 g/mol. The molecular formula is C24H24N4O4S. The lowest BCUT2D eigenvalue weighted by molar-refractivity contribution is -0.112. The van der Waals surface area contributed by atoms with Crippen LogP contribution in [0.25, 0.3) is 11.8 Å². The number of nitrogens with one attached hydrogen (secondary N) is 1. The van der Waals surface area contributed by atoms with Gasteiger partial charge in [0, 0.05) is 22.8 Å². The van der Waals surface area contributed by atoms with Crippen LogP contribution in [0, 0.1) is 25.2 Å². The highest BCUT2D eigenvalue weighted by atomic mass is 32.2. The molecule has 0 saturated carbocycles. The van der Waals surface area contributed by atoms with Crippen LogP contribution in [0.3, 0.4) is 0 Å². The molecule has 0 unspecified atom stereocenters. The van der Waals surface area contributed by atoms with Crippen molar-refractivity contribution in [3.63, 3.8) is 0 Å². The molecule has 3 N–H and O–H groups in total. The predicted octanol–water partition coefficient (Wildman–Crippen LogP) is 3.69. The van der Waals surface area contributed by atoms with E-state index in [9.17, 15) is 18.5 Å². The molecule has 2 aromatic carbocycles. The number of hydrogen-bond donors (Lipinski definition) is 2. The molecule has 3 aromatic rings. The first-order chi connectivity index (χ1) is 15.6. The number of nitrogens with two attached hydrogens (primary N) is 1. The maximum absolute atomic E-state index is 12.6. The van der Waals surface area contributed by atoms with E-state index in [4.69, 9.17) is 9.88 Å². The number of carbonyl (C=O) groups excluding carboxylic acids is 1. The summed E-state index contributed by atoms with van der Waals surface area (Å²) in [4.78, 5) is 12.6. The number of hydrogen-bond acceptors (Lipinski definition) is 5. The van der Waals surface area contributed by atoms with Crippen LogP contribution in [0.2, 0.25) is 0 Å². The van der Waals surface area contributed by atoms with Gasteiger partial charge in [0.1, 0.15) is 17.4 Å². The number of rotatable bonds is 7. The number of ether oxygens (including phenoxy) is 1. The first-order valence-corrected chi connectivity index (χ1v) is 11.7. The van der Waals surface area contributed by atoms with Crippen LogP contribution in [0.15, 0.2) is 65.1 Å². The summed E-state index contributed by atoms with van der Waals surface area (Å²) in [5.41, 5.74) is 3.74. The van der Waals surface area contributed by atoms with Crippen LogP contribution < -0.4 is 15.2 Å². The number of benzene rings is 2. The summed E-state index contributed by atoms with van der Waals surface area (Å²) in [6.07, 6.45) is 1.53. The van der Waals surface area contributed by atoms with Crippen molar-refractivity contribution in [3.05, 3.63) is 77.1 Å². The number of nitriles is 1. The Labute approximate surface area is 193 Å². The molecule has 0 fully saturated rings. The maximum Gasteiger partial charge on any atom is 0.266 e. The van der Waals surface area contributed by atoms with Crippen molar-refractivity contribution in [2.75, 3.05) is 11.9 Å². The van der Waals surface area contributed by atoms with E-state index in [0.717, 1.165) is 28.4 Å². The molecule has 1 amide bonds. The molecule has 0 aliphatic heterocycles. The molecule has 0 aliphatic rings. The van der Waals surface area contributed by atoms with Gasteiger partial charge in [0.25, 0.3) is 5.91 Å². The second-order valence-electron chi connectivity index (χ2n) is 7.28. The summed E-state index contributed by atoms with van der Waals surface area (Å²) in [6.45, 7) is 6.37. The summed E-state index contributed by atoms with van der Waals surface area (Å²) in [6, 6.07) is 16.9. The van der Waals surface area contributed by atoms with E-state index in [1.165, 1.54) is 30.3 Å². The van der Waals surface area contributed by atoms with Gasteiger partial charge in [0.2, 0.25) is 10.0 Å². The second kappa shape index (κ2) is 9.73. The largest absolute Gasteiger partial charge is 0.494 e. The van der Waals surface area contributed by atoms with E-state index in [1.54, 1.807) is 0 Å². The van der Waals surface area contributed by atoms with Crippen molar-refractivity contribution in [2.45, 2.75) is 25.7 Å². The minimum Gasteiger partial charge on any atom is -0.494 e. The van der Waals surface area contributed by atoms with Crippen molar-refractivity contribution in [1.82, 2.24) is 4.57 Å². The number of amides is 1. The topological polar surface area (TPSA) is 127 Å². The van der Waals surface area contributed by atoms with Gasteiger partial charge in [-0.25, -0.2) is 13.6 Å². The van der Waals surface area contributed by atoms with Crippen molar-refractivity contribution in [3.8, 4) is 17.5 Å². The van der Waals surface area contributed by atoms with E-state index in [2.05, 4.69) is 5.32 Å². The third-order valence-corrected chi connectivity index (χ3v) is 5.91. The average Bonchev–Trinajstić information content (AvgIpc) is 3.05. The lowest BCUT2D eigenvalue weighted by Crippen LogP contribution is -2.14. The van der Waals surface area contributed by atoms with E-state index in [1.807, 2.05) is 61.7 Å². The minimum absolute atomic E-state index is 0.0710. The van der Waals surface area contributed by atoms with Gasteiger partial charge in [-0.05, 0) is 87.0 Å². The predicted molar refractivity (Wildman–Crippen MR) is 126 cm³/mol. The number of nitrogens with zero attached hydrogens (tertiary/aromatic N) is 2. The third kappa shape index (κ3) is 5.49. The molecule has 0 atom stereocenters. The Morgan fingerprint density at radius 3 is 2.33 bits per heavy atom. The molecule has 8 nitrogen and oxygen atoms in total. The van der Waals surface area contributed by atoms with Gasteiger partial charge in [0.15, 0.2) is 0 Å². The first-order valence-electron chi connectivity index (χ1n) is 10.1. The van der Waals surface area contributed by atoms with Crippen molar-refractivity contribution < 1.29 is 17.9 Å². The fourth-order valence-electron chi connectivity index (χ4n) is 3.42. The van der Waals surface area contributed by atoms with Crippen LogP contribution >= 0.6 is 0 Å². The van der Waals surface area contributed by atoms with Crippen LogP contribution in [-0.4, -0.2) is 25.5 Å². The number of sulfonamides is 1. The van der Waals surface area contributed by atoms with Crippen LogP contribution in [0.4, 0.5) is 5.69 Å². The van der Waals surface area contributed by atoms with Gasteiger partial charge >= 0.3 is 0 Å². The molecule has 0 aliphatic carbocycles. The Hall–Kier alpha value is -3.87. The average molecular weight is 465 g/mol. The number of primary sulfonamides is 1. The van der Waals surface area contributed by atoms with Gasteiger partial charge in [-0.15, -0.1) is 0 Å². The van der Waals surface area contributed by atoms with Crippen molar-refractivity contribution >= 4 is 27.7 Å². The summed E-state index contributed by atoms with van der Waals surface area (Å²) >= 11 is 0. The molecule has 0 spiro atoms. The molecule has 0 bridgehead atoms. The van der Waals surface area contributed by atoms with Crippen LogP contribution in [-0.2, 0) is 14.8 Å². The molecule has 3 rings (SSSR count). The van der Waals surface area contributed by atoms with Crippen molar-refractivity contribution in [2.24, 2.45) is 5.14 Å². The van der Waals surface area contributed by atoms with Gasteiger partial charge in [-0.3, -0.25) is 4.79 Å². The Morgan fingerprint density at radius 2 is 1.79 bits per heavy atom. The van der Waals surface area contributed by atoms with Gasteiger partial charge in [0.05, 0.1) is 11.5 Å². The summed E-state index contributed by atoms with van der Waals surface area (Å²) in [5.74, 6) is 0.177. The number of anilines is 1. The van der Waals surface area contributed by atoms with Crippen LogP contribution in [0.1, 0.15) is 23.9 Å². The van der Waals surface area contributed by atoms with E-state index in [-0.39, 0.29) is 10.5 Å². The zero-order valence-electron chi connectivity index (χ0n) is 18.5. The summed E-state index contributed by atoms with van der Waals surface area (Å²) in [5, 5.41) is 17.2. The highest BCUT2D eigenvalue weighted by Gasteiger charge is 2.15. The lowest BCUT2D eigenvalue weighted by atomic mass is 10.1. The van der Waals surface area contributed by atoms with Crippen LogP contribution in [0.5, 0.6) is 5.75 Å². The number of aromatic nitrogens is 1. The fourth-order valence-corrected chi connectivity index (χ4v) is 3.94. The number of aryl methyl sites for hydroxylation is 1. The number of carbonyl (C=O) groups is 1. The smallest absolute Gasteiger partial charge is 0.266 e. The summed E-state index contributed by atoms with van der Waals surface area (Å²) < 4.78 is 30.2. The van der Waals surface area contributed by atoms with E-state index in [0.29, 0.717) is 12.3 Å². The molecule has 33 heavy (non-hydrogen) atoms. The highest BCUT2D eigenvalue weighted by molar-refractivity contribution is 7.89. The second-order valence-corrected chi connectivity index (χ2v) is 8.84. The Morgan fingerprint density at radius 1 is 1.15 bits per heavy atom. The fraction of sp³-hybridized carbons (Fsp3) is 0.167. The van der Waals surface area contributed by atoms with Gasteiger partial charge < -0.3 is 14.6 Å². The monoisotopic (exact) mass is 464 g/mol. The van der Waals surface area contributed by atoms with Gasteiger partial charge in [-0.2, -0.15) is 5.26 Å². The lowest BCUT2D eigenvalue weighted by Gasteiger charge is -2.11. The molecule has 170 valence electrons. The summed E-state index contributed by atoms with van der Waals surface area (Å²) in [7, 11) is -3.83. The normalized spacial score (nSPS) is 11.7. The molecule has 9 heteroatoms. The standard InChI is InChI=1S/C24H24N4O4S/c1-4-32-22-9-7-21(8-10-22)28-16(2)13-18(17(28)3)14-19(15-25)24(29)27-20-5-11-23(12-6-20)33(26,30)31/h5-14H,4H2,1-3H3,(H,27,29)(H2,26,30,31)/b19-14+. The first kappa shape index (κ1) is 23.8. The molecule has 1 heterocycles. The highest BCUT2D eigenvalue weighted by Crippen LogP contribution is 2.25. The van der Waals surface area contributed by atoms with E-state index >= 15 is 0 Å². The van der Waals surface area contributed by atoms with Crippen molar-refractivity contribution in [1.29, 1.82) is 5.26 Å². The minimum atomic E-state index is -3.83. The molecule has 0 radical (unpaired) electrons. The molecule has 1 aromatic heterocycles. The van der Waals surface area contributed by atoms with Gasteiger partial charge in [-0.1, -0.05) is 0 Å². The molecule has 0 saturated heterocycles. The van der Waals surface area contributed by atoms with E-state index < -0.39 is 15.9 Å². The Balaban J connectivity index is 1.86. The zero-order chi connectivity index (χ0) is 24.2. The zero-order valence-corrected chi connectivity index (χ0v) is 19.3. The quantitative estimate of drug-likeness (QED) is 0.407. The third-order valence-electron chi connectivity index (χ3n) is 4.98. The maximum atomic E-state index is 12.6. The Kier molecular flexibility index (Phi) is 7.01.